The van der Waals surface area contributed by atoms with Crippen LogP contribution < -0.4 is 20.3 Å². The second kappa shape index (κ2) is 14.1. The standard InChI is InChI=1S/C17H13ClF3N5O5S2.C10H16N2/c18-15-22-7-12-13(23-15)24-16(32-12)25-5-6-26(11(8-25)14(27)28)33(29,30)10-3-1-9(2-4-10)31-17(19,20)21;1-3-12(2)10-6-4-9(8-11)5-7-10/h1-4,7,11H,5-6,8H2,(H,27,28);4-7H,3,8,11H2,1-2H3/t11-;/m1./s1. The van der Waals surface area contributed by atoms with Gasteiger partial charge in [0.25, 0.3) is 0 Å². The van der Waals surface area contributed by atoms with E-state index in [1.165, 1.54) is 28.8 Å². The molecule has 18 heteroatoms. The van der Waals surface area contributed by atoms with Crippen molar-refractivity contribution in [3.8, 4) is 5.75 Å². The van der Waals surface area contributed by atoms with Crippen LogP contribution in [-0.2, 0) is 21.4 Å². The van der Waals surface area contributed by atoms with Crippen molar-refractivity contribution >= 4 is 60.1 Å². The van der Waals surface area contributed by atoms with E-state index in [1.54, 1.807) is 4.90 Å². The van der Waals surface area contributed by atoms with Gasteiger partial charge >= 0.3 is 12.3 Å². The summed E-state index contributed by atoms with van der Waals surface area (Å²) < 4.78 is 68.3. The fourth-order valence-electron chi connectivity index (χ4n) is 4.29. The maximum absolute atomic E-state index is 13.1. The molecule has 12 nitrogen and oxygen atoms in total. The van der Waals surface area contributed by atoms with Gasteiger partial charge in [-0.3, -0.25) is 4.79 Å². The average Bonchev–Trinajstić information content (AvgIpc) is 3.43. The molecule has 0 saturated carbocycles. The predicted octanol–water partition coefficient (Wildman–Crippen LogP) is 4.20. The molecule has 2 aromatic heterocycles. The highest BCUT2D eigenvalue weighted by Crippen LogP contribution is 2.32. The van der Waals surface area contributed by atoms with E-state index >= 15 is 0 Å². The smallest absolute Gasteiger partial charge is 0.480 e. The molecule has 3 heterocycles. The molecule has 1 aliphatic heterocycles. The van der Waals surface area contributed by atoms with Crippen molar-refractivity contribution in [2.75, 3.05) is 43.0 Å². The van der Waals surface area contributed by atoms with Crippen LogP contribution >= 0.6 is 22.9 Å². The van der Waals surface area contributed by atoms with Crippen LogP contribution in [0.15, 0.2) is 59.6 Å². The fraction of sp³-hybridized carbons (Fsp3) is 0.333. The van der Waals surface area contributed by atoms with Crippen LogP contribution in [0.25, 0.3) is 10.3 Å². The van der Waals surface area contributed by atoms with Crippen LogP contribution in [0.3, 0.4) is 0 Å². The minimum Gasteiger partial charge on any atom is -0.480 e. The van der Waals surface area contributed by atoms with E-state index in [0.717, 1.165) is 35.1 Å². The zero-order valence-corrected chi connectivity index (χ0v) is 26.4. The number of carbonyl (C=O) groups is 1. The van der Waals surface area contributed by atoms with Crippen molar-refractivity contribution in [2.45, 2.75) is 30.8 Å². The number of piperazine rings is 1. The first kappa shape index (κ1) is 34.1. The fourth-order valence-corrected chi connectivity index (χ4v) is 6.89. The van der Waals surface area contributed by atoms with E-state index in [1.807, 2.05) is 0 Å². The second-order valence-electron chi connectivity index (χ2n) is 9.64. The van der Waals surface area contributed by atoms with Crippen molar-refractivity contribution in [1.29, 1.82) is 0 Å². The number of alkyl halides is 3. The van der Waals surface area contributed by atoms with Crippen molar-refractivity contribution in [2.24, 2.45) is 5.73 Å². The van der Waals surface area contributed by atoms with Gasteiger partial charge in [0.15, 0.2) is 10.8 Å². The number of aromatic nitrogens is 3. The van der Waals surface area contributed by atoms with E-state index < -0.39 is 34.1 Å². The molecule has 0 unspecified atom stereocenters. The van der Waals surface area contributed by atoms with Gasteiger partial charge in [-0.1, -0.05) is 23.5 Å². The Bertz CT molecular complexity index is 1730. The Labute approximate surface area is 265 Å². The number of aliphatic carboxylic acids is 1. The zero-order valence-electron chi connectivity index (χ0n) is 24.0. The summed E-state index contributed by atoms with van der Waals surface area (Å²) in [4.78, 5) is 27.5. The highest BCUT2D eigenvalue weighted by Gasteiger charge is 2.41. The molecule has 0 bridgehead atoms. The lowest BCUT2D eigenvalue weighted by atomic mass is 10.2. The highest BCUT2D eigenvalue weighted by atomic mass is 35.5. The summed E-state index contributed by atoms with van der Waals surface area (Å²) in [5, 5.41) is 10.1. The number of anilines is 2. The molecule has 4 aromatic rings. The van der Waals surface area contributed by atoms with Gasteiger partial charge in [-0.05, 0) is 60.5 Å². The van der Waals surface area contributed by atoms with Crippen LogP contribution in [0.2, 0.25) is 5.28 Å². The van der Waals surface area contributed by atoms with E-state index in [4.69, 9.17) is 17.3 Å². The Hall–Kier alpha value is -3.77. The summed E-state index contributed by atoms with van der Waals surface area (Å²) in [6.45, 7) is 3.52. The number of carboxylic acid groups (broad SMARTS) is 1. The van der Waals surface area contributed by atoms with E-state index in [9.17, 15) is 31.5 Å². The molecule has 45 heavy (non-hydrogen) atoms. The molecule has 242 valence electrons. The Morgan fingerprint density at radius 2 is 1.82 bits per heavy atom. The lowest BCUT2D eigenvalue weighted by molar-refractivity contribution is -0.274. The summed E-state index contributed by atoms with van der Waals surface area (Å²) in [5.74, 6) is -1.98. The van der Waals surface area contributed by atoms with Gasteiger partial charge in [0.05, 0.1) is 15.8 Å². The third-order valence-corrected chi connectivity index (χ3v) is 9.89. The van der Waals surface area contributed by atoms with Gasteiger partial charge in [-0.15, -0.1) is 13.2 Å². The molecule has 0 radical (unpaired) electrons. The van der Waals surface area contributed by atoms with Gasteiger partial charge < -0.3 is 25.4 Å². The first-order valence-electron chi connectivity index (χ1n) is 13.4. The molecule has 0 amide bonds. The summed E-state index contributed by atoms with van der Waals surface area (Å²) in [7, 11) is -2.24. The molecule has 0 spiro atoms. The van der Waals surface area contributed by atoms with E-state index in [-0.39, 0.29) is 29.8 Å². The number of halogens is 4. The number of hydrogen-bond donors (Lipinski definition) is 2. The lowest BCUT2D eigenvalue weighted by Gasteiger charge is -2.38. The monoisotopic (exact) mass is 687 g/mol. The molecule has 1 aliphatic rings. The van der Waals surface area contributed by atoms with Gasteiger partial charge in [0, 0.05) is 45.5 Å². The minimum atomic E-state index is -4.93. The van der Waals surface area contributed by atoms with E-state index in [0.29, 0.717) is 22.0 Å². The van der Waals surface area contributed by atoms with Crippen LogP contribution in [0.5, 0.6) is 5.75 Å². The normalized spacial score (nSPS) is 15.8. The molecular weight excluding hydrogens is 659 g/mol. The Balaban J connectivity index is 0.000000323. The highest BCUT2D eigenvalue weighted by molar-refractivity contribution is 7.89. The van der Waals surface area contributed by atoms with Gasteiger partial charge in [-0.25, -0.2) is 13.4 Å². The number of nitrogens with zero attached hydrogens (tertiary/aromatic N) is 6. The number of rotatable bonds is 8. The number of nitrogens with two attached hydrogens (primary N) is 1. The first-order valence-corrected chi connectivity index (χ1v) is 16.0. The number of benzene rings is 2. The van der Waals surface area contributed by atoms with Gasteiger partial charge in [0.2, 0.25) is 15.3 Å². The number of sulfonamides is 1. The number of fused-ring (bicyclic) bond motifs is 1. The average molecular weight is 688 g/mol. The first-order chi connectivity index (χ1) is 21.2. The van der Waals surface area contributed by atoms with Crippen molar-refractivity contribution < 1.29 is 36.2 Å². The molecule has 0 aliphatic carbocycles. The second-order valence-corrected chi connectivity index (χ2v) is 12.9. The number of ether oxygens (including phenoxy) is 1. The Kier molecular flexibility index (Phi) is 10.7. The van der Waals surface area contributed by atoms with E-state index in [2.05, 4.69) is 62.8 Å². The number of thiazole rings is 1. The third-order valence-electron chi connectivity index (χ3n) is 6.75. The Morgan fingerprint density at radius 1 is 1.16 bits per heavy atom. The SMILES string of the molecule is CCN(C)c1ccc(CN)cc1.O=C(O)[C@H]1CN(c2nc3nc(Cl)ncc3s2)CCN1S(=O)(=O)c1ccc(OC(F)(F)F)cc1. The quantitative estimate of drug-likeness (QED) is 0.256. The van der Waals surface area contributed by atoms with Crippen LogP contribution in [0.4, 0.5) is 24.0 Å². The van der Waals surface area contributed by atoms with Crippen LogP contribution in [0.1, 0.15) is 12.5 Å². The molecular formula is C27H29ClF3N7O5S2. The topological polar surface area (TPSA) is 155 Å². The number of hydrogen-bond acceptors (Lipinski definition) is 11. The summed E-state index contributed by atoms with van der Waals surface area (Å²) in [5.41, 5.74) is 8.26. The Morgan fingerprint density at radius 3 is 2.40 bits per heavy atom. The summed E-state index contributed by atoms with van der Waals surface area (Å²) in [6, 6.07) is 10.4. The zero-order chi connectivity index (χ0) is 32.9. The van der Waals surface area contributed by atoms with Gasteiger partial charge in [0.1, 0.15) is 11.8 Å². The van der Waals surface area contributed by atoms with Gasteiger partial charge in [-0.2, -0.15) is 14.3 Å². The van der Waals surface area contributed by atoms with Crippen molar-refractivity contribution in [3.05, 3.63) is 65.6 Å². The predicted molar refractivity (Wildman–Crippen MR) is 164 cm³/mol. The molecule has 1 fully saturated rings. The summed E-state index contributed by atoms with van der Waals surface area (Å²) in [6.07, 6.45) is -3.45. The molecule has 1 saturated heterocycles. The van der Waals surface area contributed by atoms with Crippen LogP contribution in [-0.4, -0.2) is 84.4 Å². The van der Waals surface area contributed by atoms with Crippen molar-refractivity contribution in [3.63, 3.8) is 0 Å². The summed E-state index contributed by atoms with van der Waals surface area (Å²) >= 11 is 6.96. The minimum absolute atomic E-state index is 0.00493. The van der Waals surface area contributed by atoms with Crippen LogP contribution in [0, 0.1) is 0 Å². The third kappa shape index (κ3) is 8.49. The lowest BCUT2D eigenvalue weighted by Crippen LogP contribution is -2.58. The number of carboxylic acids is 1. The maximum Gasteiger partial charge on any atom is 0.573 e. The molecule has 1 atom stereocenters. The largest absolute Gasteiger partial charge is 0.573 e. The molecule has 2 aromatic carbocycles. The maximum atomic E-state index is 13.1. The molecule has 5 rings (SSSR count). The van der Waals surface area contributed by atoms with Crippen molar-refractivity contribution in [1.82, 2.24) is 19.3 Å². The molecule has 3 N–H and O–H groups in total.